The van der Waals surface area contributed by atoms with Gasteiger partial charge in [-0.2, -0.15) is 0 Å². The fourth-order valence-corrected chi connectivity index (χ4v) is 2.27. The predicted octanol–water partition coefficient (Wildman–Crippen LogP) is 2.62. The van der Waals surface area contributed by atoms with Crippen LogP contribution in [-0.4, -0.2) is 25.0 Å². The molecular formula is C15H29NO3. The topological polar surface area (TPSA) is 55.4 Å². The molecule has 19 heavy (non-hydrogen) atoms. The highest BCUT2D eigenvalue weighted by Gasteiger charge is 2.29. The minimum absolute atomic E-state index is 0.0483. The van der Waals surface area contributed by atoms with Gasteiger partial charge in [0.1, 0.15) is 0 Å². The van der Waals surface area contributed by atoms with Gasteiger partial charge in [-0.3, -0.25) is 9.59 Å². The quantitative estimate of drug-likeness (QED) is 0.724. The second-order valence-electron chi connectivity index (χ2n) is 6.15. The van der Waals surface area contributed by atoms with E-state index < -0.39 is 0 Å². The van der Waals surface area contributed by atoms with Crippen LogP contribution < -0.4 is 5.32 Å². The molecule has 1 amide bonds. The summed E-state index contributed by atoms with van der Waals surface area (Å²) in [5.74, 6) is 0.142. The Hall–Kier alpha value is -1.06. The molecule has 4 nitrogen and oxygen atoms in total. The molecule has 1 atom stereocenters. The molecule has 0 aromatic rings. The highest BCUT2D eigenvalue weighted by atomic mass is 16.5. The van der Waals surface area contributed by atoms with Crippen LogP contribution >= 0.6 is 0 Å². The number of hydrogen-bond acceptors (Lipinski definition) is 3. The Morgan fingerprint density at radius 1 is 0.947 bits per heavy atom. The molecule has 0 heterocycles. The van der Waals surface area contributed by atoms with Gasteiger partial charge in [0.05, 0.1) is 19.4 Å². The predicted molar refractivity (Wildman–Crippen MR) is 76.6 cm³/mol. The lowest BCUT2D eigenvalue weighted by molar-refractivity contribution is -0.145. The molecule has 0 aliphatic carbocycles. The average Bonchev–Trinajstić information content (AvgIpc) is 2.30. The molecule has 0 rings (SSSR count). The molecule has 0 spiro atoms. The van der Waals surface area contributed by atoms with Gasteiger partial charge >= 0.3 is 5.97 Å². The summed E-state index contributed by atoms with van der Waals surface area (Å²) in [6.07, 6.45) is 0.142. The van der Waals surface area contributed by atoms with Crippen LogP contribution in [0.4, 0.5) is 0 Å². The first-order valence-corrected chi connectivity index (χ1v) is 7.07. The molecule has 0 saturated heterocycles. The third kappa shape index (κ3) is 6.08. The Kier molecular flexibility index (Phi) is 7.72. The lowest BCUT2D eigenvalue weighted by Gasteiger charge is -2.29. The van der Waals surface area contributed by atoms with E-state index in [1.54, 1.807) is 0 Å². The molecule has 0 saturated carbocycles. The van der Waals surface area contributed by atoms with Crippen molar-refractivity contribution in [1.29, 1.82) is 0 Å². The van der Waals surface area contributed by atoms with Crippen molar-refractivity contribution >= 4 is 11.9 Å². The van der Waals surface area contributed by atoms with E-state index in [4.69, 9.17) is 0 Å². The summed E-state index contributed by atoms with van der Waals surface area (Å²) in [5.41, 5.74) is 0. The van der Waals surface area contributed by atoms with Crippen molar-refractivity contribution in [3.05, 3.63) is 0 Å². The monoisotopic (exact) mass is 271 g/mol. The summed E-state index contributed by atoms with van der Waals surface area (Å²) in [6, 6.07) is 0.131. The SMILES string of the molecule is COC(=O)C[C@H](C(=O)NC(C(C)C)C(C)C)C(C)C. The average molecular weight is 271 g/mol. The molecule has 0 unspecified atom stereocenters. The first kappa shape index (κ1) is 17.9. The zero-order chi connectivity index (χ0) is 15.2. The van der Waals surface area contributed by atoms with Gasteiger partial charge in [-0.15, -0.1) is 0 Å². The Balaban J connectivity index is 4.76. The molecule has 112 valence electrons. The summed E-state index contributed by atoms with van der Waals surface area (Å²) in [4.78, 5) is 23.7. The summed E-state index contributed by atoms with van der Waals surface area (Å²) in [5, 5.41) is 3.08. The molecule has 0 aromatic heterocycles. The van der Waals surface area contributed by atoms with Crippen LogP contribution in [0.1, 0.15) is 48.0 Å². The number of amides is 1. The molecule has 0 aromatic carbocycles. The summed E-state index contributed by atoms with van der Waals surface area (Å²) in [7, 11) is 1.35. The van der Waals surface area contributed by atoms with E-state index in [0.29, 0.717) is 11.8 Å². The van der Waals surface area contributed by atoms with Crippen molar-refractivity contribution in [2.45, 2.75) is 54.0 Å². The van der Waals surface area contributed by atoms with E-state index in [1.165, 1.54) is 7.11 Å². The van der Waals surface area contributed by atoms with Gasteiger partial charge in [-0.05, 0) is 17.8 Å². The van der Waals surface area contributed by atoms with Gasteiger partial charge in [0.2, 0.25) is 5.91 Å². The Bertz CT molecular complexity index is 290. The van der Waals surface area contributed by atoms with Crippen LogP contribution in [-0.2, 0) is 14.3 Å². The summed E-state index contributed by atoms with van der Waals surface area (Å²) >= 11 is 0. The van der Waals surface area contributed by atoms with Gasteiger partial charge in [-0.25, -0.2) is 0 Å². The highest BCUT2D eigenvalue weighted by molar-refractivity contribution is 5.84. The second kappa shape index (κ2) is 8.18. The van der Waals surface area contributed by atoms with E-state index in [1.807, 2.05) is 13.8 Å². The normalized spacial score (nSPS) is 13.2. The lowest BCUT2D eigenvalue weighted by Crippen LogP contribution is -2.46. The van der Waals surface area contributed by atoms with Gasteiger partial charge in [0.25, 0.3) is 0 Å². The molecule has 4 heteroatoms. The van der Waals surface area contributed by atoms with Gasteiger partial charge in [0.15, 0.2) is 0 Å². The van der Waals surface area contributed by atoms with Crippen LogP contribution in [0.2, 0.25) is 0 Å². The number of esters is 1. The number of rotatable bonds is 7. The molecule has 0 radical (unpaired) electrons. The van der Waals surface area contributed by atoms with E-state index in [9.17, 15) is 9.59 Å². The number of carbonyl (C=O) groups excluding carboxylic acids is 2. The minimum Gasteiger partial charge on any atom is -0.469 e. The van der Waals surface area contributed by atoms with E-state index >= 15 is 0 Å². The van der Waals surface area contributed by atoms with Crippen molar-refractivity contribution in [3.8, 4) is 0 Å². The molecule has 0 aliphatic heterocycles. The number of hydrogen-bond donors (Lipinski definition) is 1. The van der Waals surface area contributed by atoms with E-state index in [0.717, 1.165) is 0 Å². The molecule has 0 aliphatic rings. The Labute approximate surface area is 117 Å². The highest BCUT2D eigenvalue weighted by Crippen LogP contribution is 2.19. The standard InChI is InChI=1S/C15H29NO3/c1-9(2)12(8-13(17)19-7)15(18)16-14(10(3)4)11(5)6/h9-12,14H,8H2,1-7H3,(H,16,18)/t12-/m0/s1. The lowest BCUT2D eigenvalue weighted by atomic mass is 9.88. The third-order valence-electron chi connectivity index (χ3n) is 3.50. The largest absolute Gasteiger partial charge is 0.469 e. The van der Waals surface area contributed by atoms with Crippen molar-refractivity contribution in [3.63, 3.8) is 0 Å². The Morgan fingerprint density at radius 3 is 1.74 bits per heavy atom. The van der Waals surface area contributed by atoms with Crippen LogP contribution in [0.3, 0.4) is 0 Å². The Morgan fingerprint density at radius 2 is 1.42 bits per heavy atom. The molecule has 0 bridgehead atoms. The van der Waals surface area contributed by atoms with Gasteiger partial charge in [0, 0.05) is 6.04 Å². The maximum Gasteiger partial charge on any atom is 0.306 e. The van der Waals surface area contributed by atoms with Crippen LogP contribution in [0, 0.1) is 23.7 Å². The van der Waals surface area contributed by atoms with Crippen molar-refractivity contribution < 1.29 is 14.3 Å². The van der Waals surface area contributed by atoms with Gasteiger partial charge in [-0.1, -0.05) is 41.5 Å². The maximum atomic E-state index is 12.3. The van der Waals surface area contributed by atoms with Crippen LogP contribution in [0.15, 0.2) is 0 Å². The zero-order valence-electron chi connectivity index (χ0n) is 13.3. The summed E-state index contributed by atoms with van der Waals surface area (Å²) in [6.45, 7) is 12.3. The second-order valence-corrected chi connectivity index (χ2v) is 6.15. The van der Waals surface area contributed by atoms with Crippen molar-refractivity contribution in [2.75, 3.05) is 7.11 Å². The van der Waals surface area contributed by atoms with Crippen LogP contribution in [0.5, 0.6) is 0 Å². The zero-order valence-corrected chi connectivity index (χ0v) is 13.3. The maximum absolute atomic E-state index is 12.3. The minimum atomic E-state index is -0.334. The van der Waals surface area contributed by atoms with Crippen LogP contribution in [0.25, 0.3) is 0 Å². The fourth-order valence-electron chi connectivity index (χ4n) is 2.27. The van der Waals surface area contributed by atoms with Crippen molar-refractivity contribution in [1.82, 2.24) is 5.32 Å². The van der Waals surface area contributed by atoms with Gasteiger partial charge < -0.3 is 10.1 Å². The first-order valence-electron chi connectivity index (χ1n) is 7.07. The van der Waals surface area contributed by atoms with Crippen molar-refractivity contribution in [2.24, 2.45) is 23.7 Å². The molecule has 0 fully saturated rings. The number of methoxy groups -OCH3 is 1. The number of nitrogens with one attached hydrogen (secondary N) is 1. The first-order chi connectivity index (χ1) is 8.70. The molecule has 1 N–H and O–H groups in total. The van der Waals surface area contributed by atoms with E-state index in [-0.39, 0.29) is 36.2 Å². The van der Waals surface area contributed by atoms with E-state index in [2.05, 4.69) is 37.7 Å². The summed E-state index contributed by atoms with van der Waals surface area (Å²) < 4.78 is 4.66. The molecular weight excluding hydrogens is 242 g/mol. The fraction of sp³-hybridized carbons (Fsp3) is 0.867. The number of carbonyl (C=O) groups is 2. The number of ether oxygens (including phenoxy) is 1. The third-order valence-corrected chi connectivity index (χ3v) is 3.50. The smallest absolute Gasteiger partial charge is 0.306 e.